The highest BCUT2D eigenvalue weighted by Crippen LogP contribution is 2.56. The molecule has 0 amide bonds. The molecule has 0 radical (unpaired) electrons. The molecule has 0 spiro atoms. The molecule has 3 N–H and O–H groups in total. The summed E-state index contributed by atoms with van der Waals surface area (Å²) in [6.45, 7) is 10.2. The van der Waals surface area contributed by atoms with Crippen LogP contribution in [0, 0.1) is 0 Å². The summed E-state index contributed by atoms with van der Waals surface area (Å²) in [7, 11) is -4.45. The molecule has 0 aromatic heterocycles. The fraction of sp³-hybridized carbons (Fsp3) is 1.00. The Balaban J connectivity index is 5.35. The minimum absolute atomic E-state index is 0.0791. The highest BCUT2D eigenvalue weighted by Gasteiger charge is 2.50. The van der Waals surface area contributed by atoms with Crippen LogP contribution in [-0.4, -0.2) is 33.2 Å². The van der Waals surface area contributed by atoms with Gasteiger partial charge in [0.15, 0.2) is 5.34 Å². The molecule has 108 valence electrons. The van der Waals surface area contributed by atoms with Crippen molar-refractivity contribution in [1.82, 2.24) is 0 Å². The normalized spacial score (nSPS) is 14.7. The second-order valence-corrected chi connectivity index (χ2v) is 7.91. The van der Waals surface area contributed by atoms with Crippen LogP contribution in [0.25, 0.3) is 0 Å². The smallest absolute Gasteiger partial charge is 0.356 e. The Hall–Kier alpha value is 0.135. The number of ether oxygens (including phenoxy) is 1. The Labute approximate surface area is 110 Å². The standard InChI is InChI=1S/C11H26BO5P/c1-7-11(8-2,12-13)9(3,4)17-10(5,6)18(14,15)16/h12-13H,7-8H2,1-6H3,(H2,14,15,16). The number of hydrogen-bond acceptors (Lipinski definition) is 3. The number of hydrogen-bond donors (Lipinski definition) is 3. The van der Waals surface area contributed by atoms with Gasteiger partial charge < -0.3 is 19.5 Å². The van der Waals surface area contributed by atoms with E-state index >= 15 is 0 Å². The lowest BCUT2D eigenvalue weighted by molar-refractivity contribution is -0.118. The molecule has 0 aliphatic heterocycles. The highest BCUT2D eigenvalue weighted by atomic mass is 31.2. The molecule has 0 atom stereocenters. The second-order valence-electron chi connectivity index (χ2n) is 5.75. The summed E-state index contributed by atoms with van der Waals surface area (Å²) >= 11 is 0. The SMILES string of the molecule is CCC(BO)(CC)C(C)(C)OC(C)(C)P(=O)(O)O. The molecule has 0 aromatic carbocycles. The molecule has 0 saturated heterocycles. The summed E-state index contributed by atoms with van der Waals surface area (Å²) in [5.74, 6) is 0. The third-order valence-corrected chi connectivity index (χ3v) is 5.63. The van der Waals surface area contributed by atoms with Gasteiger partial charge in [0.2, 0.25) is 0 Å². The van der Waals surface area contributed by atoms with Crippen molar-refractivity contribution in [2.75, 3.05) is 0 Å². The summed E-state index contributed by atoms with van der Waals surface area (Å²) < 4.78 is 17.1. The highest BCUT2D eigenvalue weighted by molar-refractivity contribution is 7.53. The third-order valence-electron chi connectivity index (χ3n) is 4.14. The molecule has 0 rings (SSSR count). The summed E-state index contributed by atoms with van der Waals surface area (Å²) in [5, 5.41) is 7.56. The van der Waals surface area contributed by atoms with E-state index in [0.717, 1.165) is 0 Å². The molecule has 0 bridgehead atoms. The van der Waals surface area contributed by atoms with Crippen LogP contribution in [0.3, 0.4) is 0 Å². The quantitative estimate of drug-likeness (QED) is 0.490. The van der Waals surface area contributed by atoms with Crippen LogP contribution in [0.15, 0.2) is 0 Å². The molecule has 7 heteroatoms. The average Bonchev–Trinajstić information content (AvgIpc) is 2.17. The van der Waals surface area contributed by atoms with E-state index in [1.807, 2.05) is 13.8 Å². The van der Waals surface area contributed by atoms with Gasteiger partial charge in [-0.3, -0.25) is 4.57 Å². The van der Waals surface area contributed by atoms with E-state index in [2.05, 4.69) is 0 Å². The van der Waals surface area contributed by atoms with Gasteiger partial charge in [0, 0.05) is 5.31 Å². The van der Waals surface area contributed by atoms with E-state index in [1.54, 1.807) is 13.8 Å². The lowest BCUT2D eigenvalue weighted by Gasteiger charge is -2.48. The molecule has 0 heterocycles. The second kappa shape index (κ2) is 5.64. The van der Waals surface area contributed by atoms with Crippen molar-refractivity contribution < 1.29 is 24.1 Å². The van der Waals surface area contributed by atoms with Crippen molar-refractivity contribution in [3.8, 4) is 0 Å². The van der Waals surface area contributed by atoms with Gasteiger partial charge in [-0.15, -0.1) is 0 Å². The van der Waals surface area contributed by atoms with Crippen LogP contribution < -0.4 is 0 Å². The lowest BCUT2D eigenvalue weighted by Crippen LogP contribution is -2.48. The fourth-order valence-electron chi connectivity index (χ4n) is 2.31. The first-order chi connectivity index (χ1) is 7.89. The number of rotatable bonds is 7. The predicted molar refractivity (Wildman–Crippen MR) is 73.9 cm³/mol. The zero-order valence-corrected chi connectivity index (χ0v) is 13.1. The van der Waals surface area contributed by atoms with Crippen molar-refractivity contribution in [2.45, 2.75) is 70.6 Å². The zero-order valence-electron chi connectivity index (χ0n) is 12.2. The topological polar surface area (TPSA) is 87.0 Å². The van der Waals surface area contributed by atoms with Gasteiger partial charge in [-0.1, -0.05) is 26.7 Å². The van der Waals surface area contributed by atoms with Gasteiger partial charge >= 0.3 is 7.60 Å². The Morgan fingerprint density at radius 1 is 1.11 bits per heavy atom. The van der Waals surface area contributed by atoms with Crippen LogP contribution in [0.2, 0.25) is 5.31 Å². The Kier molecular flexibility index (Phi) is 5.68. The summed E-state index contributed by atoms with van der Waals surface area (Å²) in [5.41, 5.74) is -0.837. The van der Waals surface area contributed by atoms with Crippen LogP contribution in [0.4, 0.5) is 0 Å². The fourth-order valence-corrected chi connectivity index (χ4v) is 2.65. The van der Waals surface area contributed by atoms with E-state index in [-0.39, 0.29) is 7.48 Å². The van der Waals surface area contributed by atoms with Crippen LogP contribution in [-0.2, 0) is 9.30 Å². The summed E-state index contributed by atoms with van der Waals surface area (Å²) in [4.78, 5) is 18.6. The Morgan fingerprint density at radius 2 is 1.50 bits per heavy atom. The van der Waals surface area contributed by atoms with Crippen molar-refractivity contribution in [2.24, 2.45) is 0 Å². The molecule has 0 fully saturated rings. The van der Waals surface area contributed by atoms with Crippen molar-refractivity contribution >= 4 is 15.1 Å². The Bertz CT molecular complexity index is 311. The molecule has 0 saturated carbocycles. The Morgan fingerprint density at radius 3 is 1.72 bits per heavy atom. The molecule has 0 aliphatic rings. The minimum atomic E-state index is -4.37. The molecule has 5 nitrogen and oxygen atoms in total. The predicted octanol–water partition coefficient (Wildman–Crippen LogP) is 2.02. The monoisotopic (exact) mass is 280 g/mol. The van der Waals surface area contributed by atoms with Crippen molar-refractivity contribution in [3.05, 3.63) is 0 Å². The maximum absolute atomic E-state index is 11.4. The molecule has 0 aliphatic carbocycles. The van der Waals surface area contributed by atoms with Crippen molar-refractivity contribution in [3.63, 3.8) is 0 Å². The first-order valence-corrected chi connectivity index (χ1v) is 7.87. The zero-order chi connectivity index (χ0) is 14.8. The van der Waals surface area contributed by atoms with Crippen molar-refractivity contribution in [1.29, 1.82) is 0 Å². The lowest BCUT2D eigenvalue weighted by atomic mass is 9.52. The van der Waals surface area contributed by atoms with E-state index < -0.39 is 23.9 Å². The van der Waals surface area contributed by atoms with Crippen LogP contribution >= 0.6 is 7.60 Å². The largest absolute Gasteiger partial charge is 0.453 e. The molecular weight excluding hydrogens is 254 g/mol. The third kappa shape index (κ3) is 3.37. The summed E-state index contributed by atoms with van der Waals surface area (Å²) in [6.07, 6.45) is 1.34. The van der Waals surface area contributed by atoms with Crippen LogP contribution in [0.1, 0.15) is 54.4 Å². The minimum Gasteiger partial charge on any atom is -0.453 e. The van der Waals surface area contributed by atoms with Gasteiger partial charge in [0.25, 0.3) is 7.48 Å². The van der Waals surface area contributed by atoms with Gasteiger partial charge in [-0.05, 0) is 27.7 Å². The van der Waals surface area contributed by atoms with Gasteiger partial charge in [0.05, 0.1) is 5.60 Å². The molecule has 18 heavy (non-hydrogen) atoms. The molecular formula is C11H26BO5P. The van der Waals surface area contributed by atoms with Gasteiger partial charge in [-0.25, -0.2) is 0 Å². The first kappa shape index (κ1) is 18.1. The molecule has 0 aromatic rings. The molecule has 0 unspecified atom stereocenters. The first-order valence-electron chi connectivity index (χ1n) is 6.26. The van der Waals surface area contributed by atoms with E-state index in [1.165, 1.54) is 13.8 Å². The van der Waals surface area contributed by atoms with Gasteiger partial charge in [0.1, 0.15) is 0 Å². The van der Waals surface area contributed by atoms with E-state index in [4.69, 9.17) is 4.74 Å². The average molecular weight is 280 g/mol. The summed E-state index contributed by atoms with van der Waals surface area (Å²) in [6, 6.07) is 0. The maximum Gasteiger partial charge on any atom is 0.356 e. The van der Waals surface area contributed by atoms with Gasteiger partial charge in [-0.2, -0.15) is 0 Å². The van der Waals surface area contributed by atoms with E-state index in [9.17, 15) is 19.4 Å². The maximum atomic E-state index is 11.4. The van der Waals surface area contributed by atoms with E-state index in [0.29, 0.717) is 12.8 Å². The van der Waals surface area contributed by atoms with Crippen LogP contribution in [0.5, 0.6) is 0 Å².